The fraction of sp³-hybridized carbons (Fsp3) is 0.316. The first-order chi connectivity index (χ1) is 12.1. The number of carbonyl (C=O) groups is 1. The quantitative estimate of drug-likeness (QED) is 0.900. The maximum Gasteiger partial charge on any atom is 0.237 e. The van der Waals surface area contributed by atoms with Gasteiger partial charge in [-0.25, -0.2) is 4.39 Å². The number of hydrogen-bond donors (Lipinski definition) is 2. The molecule has 1 spiro atoms. The molecule has 2 heterocycles. The third kappa shape index (κ3) is 2.28. The second-order valence-electron chi connectivity index (χ2n) is 6.40. The first kappa shape index (κ1) is 15.9. The van der Waals surface area contributed by atoms with E-state index in [2.05, 4.69) is 10.6 Å². The van der Waals surface area contributed by atoms with Gasteiger partial charge in [0.2, 0.25) is 5.91 Å². The highest BCUT2D eigenvalue weighted by molar-refractivity contribution is 6.07. The molecule has 130 valence electrons. The third-order valence-electron chi connectivity index (χ3n) is 5.18. The average Bonchev–Trinajstić information content (AvgIpc) is 3.18. The van der Waals surface area contributed by atoms with E-state index < -0.39 is 5.41 Å². The van der Waals surface area contributed by atoms with E-state index in [1.165, 1.54) is 12.1 Å². The van der Waals surface area contributed by atoms with Gasteiger partial charge in [0.15, 0.2) is 0 Å². The van der Waals surface area contributed by atoms with E-state index in [0.717, 1.165) is 5.56 Å². The zero-order valence-electron chi connectivity index (χ0n) is 14.1. The smallest absolute Gasteiger partial charge is 0.237 e. The van der Waals surface area contributed by atoms with Crippen molar-refractivity contribution in [3.8, 4) is 11.5 Å². The monoisotopic (exact) mass is 342 g/mol. The molecule has 6 heteroatoms. The Morgan fingerprint density at radius 2 is 1.84 bits per heavy atom. The number of hydrogen-bond acceptors (Lipinski definition) is 4. The van der Waals surface area contributed by atoms with Gasteiger partial charge in [-0.05, 0) is 54.4 Å². The van der Waals surface area contributed by atoms with Crippen LogP contribution < -0.4 is 20.1 Å². The maximum absolute atomic E-state index is 13.9. The lowest BCUT2D eigenvalue weighted by Crippen LogP contribution is -2.39. The lowest BCUT2D eigenvalue weighted by atomic mass is 9.73. The van der Waals surface area contributed by atoms with Gasteiger partial charge in [0.25, 0.3) is 0 Å². The van der Waals surface area contributed by atoms with Crippen molar-refractivity contribution < 1.29 is 18.7 Å². The number of nitrogens with one attached hydrogen (secondary N) is 2. The largest absolute Gasteiger partial charge is 0.497 e. The van der Waals surface area contributed by atoms with E-state index in [-0.39, 0.29) is 17.8 Å². The van der Waals surface area contributed by atoms with Gasteiger partial charge in [-0.1, -0.05) is 0 Å². The van der Waals surface area contributed by atoms with Crippen molar-refractivity contribution in [3.63, 3.8) is 0 Å². The maximum atomic E-state index is 13.9. The number of anilines is 1. The Labute approximate surface area is 145 Å². The fourth-order valence-electron chi connectivity index (χ4n) is 4.02. The van der Waals surface area contributed by atoms with Crippen LogP contribution in [0.1, 0.15) is 23.6 Å². The van der Waals surface area contributed by atoms with Crippen LogP contribution in [0.4, 0.5) is 10.1 Å². The van der Waals surface area contributed by atoms with E-state index in [1.54, 1.807) is 26.4 Å². The topological polar surface area (TPSA) is 59.6 Å². The summed E-state index contributed by atoms with van der Waals surface area (Å²) >= 11 is 0. The zero-order chi connectivity index (χ0) is 17.6. The summed E-state index contributed by atoms with van der Waals surface area (Å²) in [7, 11) is 3.17. The molecular weight excluding hydrogens is 323 g/mol. The fourth-order valence-corrected chi connectivity index (χ4v) is 4.02. The molecule has 2 N–H and O–H groups in total. The molecule has 2 aliphatic rings. The molecule has 1 fully saturated rings. The number of methoxy groups -OCH3 is 2. The average molecular weight is 342 g/mol. The Morgan fingerprint density at radius 1 is 1.12 bits per heavy atom. The molecule has 0 aliphatic carbocycles. The molecule has 0 radical (unpaired) electrons. The van der Waals surface area contributed by atoms with Crippen LogP contribution in [0, 0.1) is 5.82 Å². The molecule has 0 aromatic heterocycles. The first-order valence-electron chi connectivity index (χ1n) is 8.16. The molecule has 4 rings (SSSR count). The van der Waals surface area contributed by atoms with E-state index in [4.69, 9.17) is 9.47 Å². The molecule has 0 unspecified atom stereocenters. The summed E-state index contributed by atoms with van der Waals surface area (Å²) in [4.78, 5) is 12.9. The lowest BCUT2D eigenvalue weighted by molar-refractivity contribution is -0.121. The predicted octanol–water partition coefficient (Wildman–Crippen LogP) is 2.77. The molecule has 1 amide bonds. The van der Waals surface area contributed by atoms with E-state index in [0.29, 0.717) is 35.7 Å². The van der Waals surface area contributed by atoms with Crippen molar-refractivity contribution in [1.82, 2.24) is 5.32 Å². The highest BCUT2D eigenvalue weighted by Crippen LogP contribution is 2.51. The highest BCUT2D eigenvalue weighted by atomic mass is 19.1. The summed E-state index contributed by atoms with van der Waals surface area (Å²) in [5, 5.41) is 6.31. The van der Waals surface area contributed by atoms with Crippen LogP contribution in [0.5, 0.6) is 11.5 Å². The zero-order valence-corrected chi connectivity index (χ0v) is 14.1. The standard InChI is InChI=1S/C19H19FN2O3/c1-24-13-7-11(8-14(10-13)25-2)17-19(5-6-21-17)15-9-12(20)3-4-16(15)22-18(19)23/h3-4,7-10,17,21H,5-6H2,1-2H3,(H,22,23)/t17-,19+/m0/s1. The van der Waals surface area contributed by atoms with Gasteiger partial charge >= 0.3 is 0 Å². The SMILES string of the molecule is COc1cc(OC)cc([C@@H]2NCC[C@]23C(=O)Nc2ccc(F)cc23)c1. The Balaban J connectivity index is 1.87. The molecular formula is C19H19FN2O3. The Hall–Kier alpha value is -2.60. The molecule has 0 bridgehead atoms. The number of benzene rings is 2. The molecule has 25 heavy (non-hydrogen) atoms. The number of amides is 1. The van der Waals surface area contributed by atoms with Crippen molar-refractivity contribution in [2.45, 2.75) is 17.9 Å². The number of halogens is 1. The van der Waals surface area contributed by atoms with Crippen LogP contribution >= 0.6 is 0 Å². The number of carbonyl (C=O) groups excluding carboxylic acids is 1. The highest BCUT2D eigenvalue weighted by Gasteiger charge is 2.55. The van der Waals surface area contributed by atoms with Crippen molar-refractivity contribution in [3.05, 3.63) is 53.3 Å². The van der Waals surface area contributed by atoms with Crippen LogP contribution in [-0.2, 0) is 10.2 Å². The lowest BCUT2D eigenvalue weighted by Gasteiger charge is -2.30. The third-order valence-corrected chi connectivity index (χ3v) is 5.18. The van der Waals surface area contributed by atoms with Gasteiger partial charge in [-0.15, -0.1) is 0 Å². The molecule has 2 aromatic rings. The summed E-state index contributed by atoms with van der Waals surface area (Å²) in [5.41, 5.74) is 1.42. The van der Waals surface area contributed by atoms with Gasteiger partial charge in [0, 0.05) is 11.8 Å². The summed E-state index contributed by atoms with van der Waals surface area (Å²) in [5.74, 6) is 0.848. The second-order valence-corrected chi connectivity index (χ2v) is 6.40. The minimum atomic E-state index is -0.838. The van der Waals surface area contributed by atoms with Gasteiger partial charge in [-0.3, -0.25) is 4.79 Å². The van der Waals surface area contributed by atoms with Crippen LogP contribution in [0.15, 0.2) is 36.4 Å². The first-order valence-corrected chi connectivity index (χ1v) is 8.16. The molecule has 2 aliphatic heterocycles. The number of rotatable bonds is 3. The van der Waals surface area contributed by atoms with Crippen LogP contribution in [0.25, 0.3) is 0 Å². The van der Waals surface area contributed by atoms with Gasteiger partial charge < -0.3 is 20.1 Å². The van der Waals surface area contributed by atoms with Crippen molar-refractivity contribution in [2.75, 3.05) is 26.1 Å². The molecule has 1 saturated heterocycles. The summed E-state index contributed by atoms with van der Waals surface area (Å²) in [6.45, 7) is 0.660. The Kier molecular flexibility index (Phi) is 3.65. The minimum absolute atomic E-state index is 0.107. The summed E-state index contributed by atoms with van der Waals surface area (Å²) in [6.07, 6.45) is 0.597. The normalized spacial score (nSPS) is 24.3. The van der Waals surface area contributed by atoms with Crippen molar-refractivity contribution >= 4 is 11.6 Å². The van der Waals surface area contributed by atoms with Crippen molar-refractivity contribution in [1.29, 1.82) is 0 Å². The number of ether oxygens (including phenoxy) is 2. The van der Waals surface area contributed by atoms with Crippen LogP contribution in [-0.4, -0.2) is 26.7 Å². The minimum Gasteiger partial charge on any atom is -0.497 e. The molecule has 2 aromatic carbocycles. The second kappa shape index (κ2) is 5.74. The van der Waals surface area contributed by atoms with E-state index in [1.807, 2.05) is 12.1 Å². The molecule has 5 nitrogen and oxygen atoms in total. The molecule has 0 saturated carbocycles. The van der Waals surface area contributed by atoms with E-state index in [9.17, 15) is 9.18 Å². The van der Waals surface area contributed by atoms with Gasteiger partial charge in [-0.2, -0.15) is 0 Å². The molecule has 2 atom stereocenters. The van der Waals surface area contributed by atoms with Crippen LogP contribution in [0.2, 0.25) is 0 Å². The van der Waals surface area contributed by atoms with Gasteiger partial charge in [0.05, 0.1) is 25.7 Å². The van der Waals surface area contributed by atoms with E-state index >= 15 is 0 Å². The van der Waals surface area contributed by atoms with Crippen molar-refractivity contribution in [2.24, 2.45) is 0 Å². The Morgan fingerprint density at radius 3 is 2.52 bits per heavy atom. The summed E-state index contributed by atoms with van der Waals surface area (Å²) in [6, 6.07) is 9.72. The summed E-state index contributed by atoms with van der Waals surface area (Å²) < 4.78 is 24.6. The Bertz CT molecular complexity index is 832. The van der Waals surface area contributed by atoms with Gasteiger partial charge in [0.1, 0.15) is 17.3 Å². The predicted molar refractivity (Wildman–Crippen MR) is 91.6 cm³/mol. The van der Waals surface area contributed by atoms with Crippen LogP contribution in [0.3, 0.4) is 0 Å². The number of fused-ring (bicyclic) bond motifs is 2.